The van der Waals surface area contributed by atoms with E-state index in [-0.39, 0.29) is 5.28 Å². The van der Waals surface area contributed by atoms with E-state index < -0.39 is 0 Å². The predicted molar refractivity (Wildman–Crippen MR) is 116 cm³/mol. The monoisotopic (exact) mass is 421 g/mol. The first-order valence-electron chi connectivity index (χ1n) is 10.2. The zero-order chi connectivity index (χ0) is 21.3. The first-order chi connectivity index (χ1) is 14.6. The van der Waals surface area contributed by atoms with E-state index in [1.165, 1.54) is 0 Å². The molecule has 0 aliphatic carbocycles. The molecule has 1 aliphatic rings. The molecule has 2 heterocycles. The minimum absolute atomic E-state index is 0.218. The van der Waals surface area contributed by atoms with Crippen molar-refractivity contribution in [3.8, 4) is 11.5 Å². The van der Waals surface area contributed by atoms with E-state index in [4.69, 9.17) is 22.5 Å². The molecule has 0 amide bonds. The maximum atomic E-state index is 7.63. The second-order valence-corrected chi connectivity index (χ2v) is 7.10. The maximum absolute atomic E-state index is 7.63. The van der Waals surface area contributed by atoms with Crippen LogP contribution in [0.3, 0.4) is 0 Å². The molecule has 0 radical (unpaired) electrons. The van der Waals surface area contributed by atoms with Crippen molar-refractivity contribution in [2.45, 2.75) is 13.0 Å². The van der Waals surface area contributed by atoms with Crippen molar-refractivity contribution in [2.75, 3.05) is 64.1 Å². The average molecular weight is 422 g/mol. The number of benzene rings is 1. The summed E-state index contributed by atoms with van der Waals surface area (Å²) in [5.74, 6) is 2.16. The Balaban J connectivity index is 1.54. The highest BCUT2D eigenvalue weighted by atomic mass is 35.5. The highest BCUT2D eigenvalue weighted by Crippen LogP contribution is 2.26. The molecule has 0 spiro atoms. The fourth-order valence-corrected chi connectivity index (χ4v) is 3.29. The molecule has 158 valence electrons. The van der Waals surface area contributed by atoms with Crippen molar-refractivity contribution in [1.29, 1.82) is 0 Å². The fraction of sp³-hybridized carbons (Fsp3) is 0.500. The third-order valence-corrected chi connectivity index (χ3v) is 4.94. The number of methoxy groups -OCH3 is 2. The molecule has 8 nitrogen and oxygen atoms in total. The summed E-state index contributed by atoms with van der Waals surface area (Å²) in [7, 11) is 3.25. The van der Waals surface area contributed by atoms with Crippen LogP contribution < -0.4 is 25.4 Å². The topological polar surface area (TPSA) is 83.6 Å². The van der Waals surface area contributed by atoms with Crippen molar-refractivity contribution >= 4 is 23.1 Å². The van der Waals surface area contributed by atoms with E-state index in [9.17, 15) is 0 Å². The quantitative estimate of drug-likeness (QED) is 0.398. The summed E-state index contributed by atoms with van der Waals surface area (Å²) in [6.45, 7) is 5.82. The van der Waals surface area contributed by atoms with E-state index in [1.807, 2.05) is 18.2 Å². The van der Waals surface area contributed by atoms with E-state index >= 15 is 0 Å². The number of nitrogens with zero attached hydrogens (tertiary/aromatic N) is 3. The highest BCUT2D eigenvalue weighted by Gasteiger charge is 2.10. The number of nitrogens with one attached hydrogen (secondary N) is 3. The van der Waals surface area contributed by atoms with Gasteiger partial charge in [0.1, 0.15) is 18.7 Å². The van der Waals surface area contributed by atoms with Crippen LogP contribution in [0.15, 0.2) is 24.4 Å². The molecule has 2 aromatic rings. The summed E-state index contributed by atoms with van der Waals surface area (Å²) in [5, 5.41) is 8.59. The lowest BCUT2D eigenvalue weighted by atomic mass is 10.2. The van der Waals surface area contributed by atoms with Gasteiger partial charge in [0.2, 0.25) is 5.28 Å². The highest BCUT2D eigenvalue weighted by molar-refractivity contribution is 6.28. The van der Waals surface area contributed by atoms with Crippen LogP contribution in [0.5, 0.6) is 11.5 Å². The summed E-state index contributed by atoms with van der Waals surface area (Å²) in [5.41, 5.74) is 1.80. The largest absolute Gasteiger partial charge is 0.497 e. The standard InChI is InChI=1S/C20H29ClN6O2/c1-28-17-10-16(11-18(12-17)29-2)24-13-15-14-25-20(21)26-19(15)23-4-3-7-27-8-5-22-6-9-27/h10-12,14,22,24H,3-9,13H2,1-2H3,(H,23,25,26)/i/hD. The minimum Gasteiger partial charge on any atom is -0.497 e. The molecule has 0 atom stereocenters. The van der Waals surface area contributed by atoms with Gasteiger partial charge in [0.15, 0.2) is 0 Å². The van der Waals surface area contributed by atoms with Crippen molar-refractivity contribution in [2.24, 2.45) is 0 Å². The lowest BCUT2D eigenvalue weighted by Gasteiger charge is -2.27. The number of hydrogen-bond donors (Lipinski definition) is 3. The number of piperazine rings is 1. The smallest absolute Gasteiger partial charge is 0.224 e. The maximum Gasteiger partial charge on any atom is 0.224 e. The number of anilines is 2. The zero-order valence-electron chi connectivity index (χ0n) is 17.9. The minimum atomic E-state index is 0.218. The van der Waals surface area contributed by atoms with Crippen molar-refractivity contribution in [3.63, 3.8) is 0 Å². The number of ether oxygens (including phenoxy) is 2. The Morgan fingerprint density at radius 3 is 2.59 bits per heavy atom. The van der Waals surface area contributed by atoms with Crippen molar-refractivity contribution in [1.82, 2.24) is 20.2 Å². The second-order valence-electron chi connectivity index (χ2n) is 6.76. The first kappa shape index (κ1) is 20.0. The van der Waals surface area contributed by atoms with Gasteiger partial charge >= 0.3 is 0 Å². The zero-order valence-corrected chi connectivity index (χ0v) is 17.7. The molecule has 0 saturated carbocycles. The van der Waals surface area contributed by atoms with Gasteiger partial charge in [-0.15, -0.1) is 0 Å². The number of halogens is 1. The van der Waals surface area contributed by atoms with Crippen molar-refractivity contribution < 1.29 is 10.9 Å². The molecule has 29 heavy (non-hydrogen) atoms. The normalized spacial score (nSPS) is 15.6. The molecule has 3 rings (SSSR count). The van der Waals surface area contributed by atoms with Crippen LogP contribution in [0.25, 0.3) is 0 Å². The SMILES string of the molecule is [2H]N1CCN(CCCNc2nc(Cl)ncc2CNc2cc(OC)cc(OC)c2)CC1. The molecule has 1 fully saturated rings. The Hall–Kier alpha value is -2.29. The second kappa shape index (κ2) is 11.0. The molecule has 0 unspecified atom stereocenters. The van der Waals surface area contributed by atoms with Crippen LogP contribution in [-0.2, 0) is 6.54 Å². The summed E-state index contributed by atoms with van der Waals surface area (Å²) >= 11 is 6.02. The molecule has 1 aromatic heterocycles. The van der Waals surface area contributed by atoms with Gasteiger partial charge < -0.3 is 30.3 Å². The molecular weight excluding hydrogens is 392 g/mol. The Morgan fingerprint density at radius 2 is 1.90 bits per heavy atom. The van der Waals surface area contributed by atoms with E-state index in [0.29, 0.717) is 18.0 Å². The van der Waals surface area contributed by atoms with E-state index in [2.05, 4.69) is 25.5 Å². The van der Waals surface area contributed by atoms with Gasteiger partial charge in [0.25, 0.3) is 0 Å². The Kier molecular flexibility index (Phi) is 7.61. The molecule has 1 saturated heterocycles. The van der Waals surface area contributed by atoms with Gasteiger partial charge in [-0.05, 0) is 24.6 Å². The fourth-order valence-electron chi connectivity index (χ4n) is 3.16. The van der Waals surface area contributed by atoms with Gasteiger partial charge in [-0.3, -0.25) is 0 Å². The van der Waals surface area contributed by atoms with Crippen LogP contribution in [0.4, 0.5) is 11.5 Å². The predicted octanol–water partition coefficient (Wildman–Crippen LogP) is 2.47. The number of aromatic nitrogens is 2. The Morgan fingerprint density at radius 1 is 1.17 bits per heavy atom. The first-order valence-corrected chi connectivity index (χ1v) is 10.1. The Bertz CT molecular complexity index is 798. The van der Waals surface area contributed by atoms with E-state index in [0.717, 1.165) is 62.8 Å². The summed E-state index contributed by atoms with van der Waals surface area (Å²) in [6.07, 6.45) is 2.72. The van der Waals surface area contributed by atoms with Gasteiger partial charge in [-0.25, -0.2) is 9.97 Å². The lowest BCUT2D eigenvalue weighted by molar-refractivity contribution is 0.240. The van der Waals surface area contributed by atoms with Crippen LogP contribution in [0, 0.1) is 0 Å². The van der Waals surface area contributed by atoms with Crippen LogP contribution in [0.1, 0.15) is 12.0 Å². The number of hydrogen-bond acceptors (Lipinski definition) is 8. The lowest BCUT2D eigenvalue weighted by Crippen LogP contribution is -2.44. The van der Waals surface area contributed by atoms with Gasteiger partial charge in [-0.2, -0.15) is 0 Å². The molecule has 1 aromatic carbocycles. The van der Waals surface area contributed by atoms with Gasteiger partial charge in [-0.1, -0.05) is 0 Å². The molecule has 3 N–H and O–H groups in total. The van der Waals surface area contributed by atoms with Gasteiger partial charge in [0, 0.05) is 74.9 Å². The van der Waals surface area contributed by atoms with Crippen molar-refractivity contribution in [3.05, 3.63) is 35.2 Å². The van der Waals surface area contributed by atoms with Gasteiger partial charge in [0.05, 0.1) is 14.2 Å². The summed E-state index contributed by atoms with van der Waals surface area (Å²) < 4.78 is 18.3. The molecule has 1 aliphatic heterocycles. The molecule has 0 bridgehead atoms. The molecular formula is C20H29ClN6O2. The third kappa shape index (κ3) is 6.62. The summed E-state index contributed by atoms with van der Waals surface area (Å²) in [4.78, 5) is 10.9. The van der Waals surface area contributed by atoms with Crippen LogP contribution in [-0.4, -0.2) is 68.4 Å². The third-order valence-electron chi connectivity index (χ3n) is 4.76. The average Bonchev–Trinajstić information content (AvgIpc) is 2.77. The number of rotatable bonds is 10. The van der Waals surface area contributed by atoms with Crippen LogP contribution in [0.2, 0.25) is 6.70 Å². The Labute approximate surface area is 178 Å². The molecule has 9 heteroatoms. The van der Waals surface area contributed by atoms with E-state index in [1.54, 1.807) is 25.7 Å². The summed E-state index contributed by atoms with van der Waals surface area (Å²) in [6, 6.07) is 5.64. The van der Waals surface area contributed by atoms with Crippen LogP contribution >= 0.6 is 11.6 Å².